The van der Waals surface area contributed by atoms with Crippen LogP contribution in [0.1, 0.15) is 15.9 Å². The lowest BCUT2D eigenvalue weighted by atomic mass is 9.95. The quantitative estimate of drug-likeness (QED) is 0.318. The second kappa shape index (κ2) is 7.17. The summed E-state index contributed by atoms with van der Waals surface area (Å²) >= 11 is 0. The number of rotatable bonds is 4. The first-order chi connectivity index (χ1) is 13.2. The zero-order valence-electron chi connectivity index (χ0n) is 14.4. The zero-order chi connectivity index (χ0) is 18.6. The molecule has 0 aliphatic heterocycles. The van der Waals surface area contributed by atoms with E-state index in [1.807, 2.05) is 66.7 Å². The molecule has 0 unspecified atom stereocenters. The Kier molecular flexibility index (Phi) is 4.41. The normalized spacial score (nSPS) is 11.1. The molecule has 4 aromatic rings. The largest absolute Gasteiger partial charge is 0.472 e. The average molecular weight is 355 g/mol. The Morgan fingerprint density at radius 3 is 2.63 bits per heavy atom. The van der Waals surface area contributed by atoms with E-state index in [1.54, 1.807) is 18.7 Å². The number of nitrogens with two attached hydrogens (primary N) is 1. The maximum Gasteiger partial charge on any atom is 0.255 e. The van der Waals surface area contributed by atoms with Gasteiger partial charge in [0.25, 0.3) is 5.91 Å². The number of hydrazone groups is 1. The second-order valence-corrected chi connectivity index (χ2v) is 6.11. The molecule has 0 bridgehead atoms. The van der Waals surface area contributed by atoms with Gasteiger partial charge in [0.2, 0.25) is 0 Å². The van der Waals surface area contributed by atoms with Crippen molar-refractivity contribution in [2.24, 2.45) is 10.9 Å². The molecule has 0 atom stereocenters. The van der Waals surface area contributed by atoms with Crippen molar-refractivity contribution < 1.29 is 9.21 Å². The Morgan fingerprint density at radius 2 is 1.89 bits per heavy atom. The molecule has 1 heterocycles. The topological polar surface area (TPSA) is 80.6 Å². The van der Waals surface area contributed by atoms with Crippen molar-refractivity contribution >= 4 is 28.6 Å². The van der Waals surface area contributed by atoms with E-state index in [-0.39, 0.29) is 5.91 Å². The fourth-order valence-electron chi connectivity index (χ4n) is 3.05. The highest BCUT2D eigenvalue weighted by atomic mass is 16.3. The van der Waals surface area contributed by atoms with Crippen LogP contribution >= 0.6 is 0 Å². The number of benzene rings is 3. The minimum absolute atomic E-state index is 0.166. The summed E-state index contributed by atoms with van der Waals surface area (Å²) in [5.41, 5.74) is 4.02. The van der Waals surface area contributed by atoms with Gasteiger partial charge < -0.3 is 15.6 Å². The highest BCUT2D eigenvalue weighted by Gasteiger charge is 2.13. The van der Waals surface area contributed by atoms with Gasteiger partial charge >= 0.3 is 0 Å². The second-order valence-electron chi connectivity index (χ2n) is 6.11. The van der Waals surface area contributed by atoms with Crippen molar-refractivity contribution in [3.63, 3.8) is 0 Å². The van der Waals surface area contributed by atoms with E-state index in [2.05, 4.69) is 10.4 Å². The highest BCUT2D eigenvalue weighted by molar-refractivity contribution is 6.10. The van der Waals surface area contributed by atoms with E-state index in [9.17, 15) is 4.79 Å². The van der Waals surface area contributed by atoms with Crippen molar-refractivity contribution in [1.82, 2.24) is 0 Å². The first-order valence-corrected chi connectivity index (χ1v) is 8.44. The van der Waals surface area contributed by atoms with Crippen LogP contribution in [0.4, 0.5) is 5.69 Å². The molecule has 1 amide bonds. The van der Waals surface area contributed by atoms with Crippen molar-refractivity contribution in [2.45, 2.75) is 0 Å². The number of hydrogen-bond donors (Lipinski definition) is 2. The van der Waals surface area contributed by atoms with Crippen LogP contribution in [0.5, 0.6) is 0 Å². The monoisotopic (exact) mass is 355 g/mol. The summed E-state index contributed by atoms with van der Waals surface area (Å²) in [6.07, 6.45) is 4.87. The third-order valence-electron chi connectivity index (χ3n) is 4.33. The van der Waals surface area contributed by atoms with Crippen molar-refractivity contribution in [3.8, 4) is 11.1 Å². The molecule has 0 spiro atoms. The Hall–Kier alpha value is -3.86. The van der Waals surface area contributed by atoms with Crippen LogP contribution in [0.2, 0.25) is 0 Å². The molecule has 0 saturated heterocycles. The third-order valence-corrected chi connectivity index (χ3v) is 4.33. The first kappa shape index (κ1) is 16.6. The number of carbonyl (C=O) groups is 1. The molecule has 0 aliphatic carbocycles. The minimum atomic E-state index is -0.166. The minimum Gasteiger partial charge on any atom is -0.472 e. The Labute approximate surface area is 156 Å². The lowest BCUT2D eigenvalue weighted by Gasteiger charge is -2.11. The number of hydrogen-bond acceptors (Lipinski definition) is 4. The third kappa shape index (κ3) is 3.43. The molecule has 3 N–H and O–H groups in total. The summed E-state index contributed by atoms with van der Waals surface area (Å²) in [6.45, 7) is 0. The molecule has 132 valence electrons. The standard InChI is InChI=1S/C22H17N3O2/c23-24-13-15-6-7-16-11-18(22(26)25-19-4-2-1-3-5-19)12-21(20(16)10-15)17-8-9-27-14-17/h1-14H,23H2,(H,25,26). The number of anilines is 1. The Bertz CT molecular complexity index is 1120. The van der Waals surface area contributed by atoms with Gasteiger partial charge in [-0.15, -0.1) is 0 Å². The maximum atomic E-state index is 12.8. The van der Waals surface area contributed by atoms with E-state index in [0.717, 1.165) is 33.2 Å². The Balaban J connectivity index is 1.83. The summed E-state index contributed by atoms with van der Waals surface area (Å²) in [5, 5.41) is 8.45. The lowest BCUT2D eigenvalue weighted by Crippen LogP contribution is -2.12. The molecule has 27 heavy (non-hydrogen) atoms. The van der Waals surface area contributed by atoms with Gasteiger partial charge in [0.05, 0.1) is 18.7 Å². The van der Waals surface area contributed by atoms with Crippen molar-refractivity contribution in [3.05, 3.63) is 90.4 Å². The molecular formula is C22H17N3O2. The molecule has 0 fully saturated rings. The SMILES string of the molecule is NN=Cc1ccc2cc(C(=O)Nc3ccccc3)cc(-c3ccoc3)c2c1. The zero-order valence-corrected chi connectivity index (χ0v) is 14.4. The number of nitrogens with one attached hydrogen (secondary N) is 1. The van der Waals surface area contributed by atoms with Gasteiger partial charge in [-0.25, -0.2) is 0 Å². The van der Waals surface area contributed by atoms with Crippen LogP contribution in [0.3, 0.4) is 0 Å². The van der Waals surface area contributed by atoms with Crippen LogP contribution in [-0.2, 0) is 0 Å². The number of para-hydroxylation sites is 1. The molecule has 0 saturated carbocycles. The molecule has 1 aromatic heterocycles. The van der Waals surface area contributed by atoms with Gasteiger partial charge in [0, 0.05) is 16.8 Å². The van der Waals surface area contributed by atoms with Gasteiger partial charge in [-0.3, -0.25) is 4.79 Å². The van der Waals surface area contributed by atoms with E-state index in [0.29, 0.717) is 5.56 Å². The molecular weight excluding hydrogens is 338 g/mol. The number of amides is 1. The van der Waals surface area contributed by atoms with E-state index < -0.39 is 0 Å². The molecule has 4 rings (SSSR count). The summed E-state index contributed by atoms with van der Waals surface area (Å²) in [6, 6.07) is 20.9. The average Bonchev–Trinajstić information content (AvgIpc) is 3.23. The number of carbonyl (C=O) groups excluding carboxylic acids is 1. The van der Waals surface area contributed by atoms with E-state index in [4.69, 9.17) is 10.3 Å². The Morgan fingerprint density at radius 1 is 1.04 bits per heavy atom. The summed E-state index contributed by atoms with van der Waals surface area (Å²) < 4.78 is 5.24. The predicted octanol–water partition coefficient (Wildman–Crippen LogP) is 4.64. The van der Waals surface area contributed by atoms with Crippen LogP contribution in [0.25, 0.3) is 21.9 Å². The van der Waals surface area contributed by atoms with Crippen molar-refractivity contribution in [2.75, 3.05) is 5.32 Å². The van der Waals surface area contributed by atoms with Gasteiger partial charge in [0.1, 0.15) is 0 Å². The smallest absolute Gasteiger partial charge is 0.255 e. The summed E-state index contributed by atoms with van der Waals surface area (Å²) in [4.78, 5) is 12.8. The first-order valence-electron chi connectivity index (χ1n) is 8.44. The number of nitrogens with zero attached hydrogens (tertiary/aromatic N) is 1. The van der Waals surface area contributed by atoms with Gasteiger partial charge in [-0.2, -0.15) is 5.10 Å². The summed E-state index contributed by atoms with van der Waals surface area (Å²) in [5.74, 6) is 5.11. The summed E-state index contributed by atoms with van der Waals surface area (Å²) in [7, 11) is 0. The van der Waals surface area contributed by atoms with Crippen LogP contribution in [0, 0.1) is 0 Å². The highest BCUT2D eigenvalue weighted by Crippen LogP contribution is 2.31. The molecule has 0 aliphatic rings. The van der Waals surface area contributed by atoms with Crippen LogP contribution in [-0.4, -0.2) is 12.1 Å². The number of furan rings is 1. The van der Waals surface area contributed by atoms with Gasteiger partial charge in [-0.05, 0) is 58.3 Å². The van der Waals surface area contributed by atoms with E-state index in [1.165, 1.54) is 0 Å². The molecule has 5 heteroatoms. The maximum absolute atomic E-state index is 12.8. The fraction of sp³-hybridized carbons (Fsp3) is 0. The molecule has 5 nitrogen and oxygen atoms in total. The van der Waals surface area contributed by atoms with Gasteiger partial charge in [0.15, 0.2) is 0 Å². The predicted molar refractivity (Wildman–Crippen MR) is 108 cm³/mol. The van der Waals surface area contributed by atoms with Gasteiger partial charge in [-0.1, -0.05) is 30.3 Å². The van der Waals surface area contributed by atoms with Crippen LogP contribution in [0.15, 0.2) is 88.8 Å². The van der Waals surface area contributed by atoms with Crippen molar-refractivity contribution in [1.29, 1.82) is 0 Å². The fourth-order valence-corrected chi connectivity index (χ4v) is 3.05. The van der Waals surface area contributed by atoms with Crippen LogP contribution < -0.4 is 11.2 Å². The van der Waals surface area contributed by atoms with E-state index >= 15 is 0 Å². The molecule has 3 aromatic carbocycles. The molecule has 0 radical (unpaired) electrons. The number of fused-ring (bicyclic) bond motifs is 1. The lowest BCUT2D eigenvalue weighted by molar-refractivity contribution is 0.102.